The number of benzene rings is 1. The monoisotopic (exact) mass is 306 g/mol. The normalized spacial score (nSPS) is 10.1. The van der Waals surface area contributed by atoms with Gasteiger partial charge in [0.2, 0.25) is 0 Å². The molecule has 0 atom stereocenters. The van der Waals surface area contributed by atoms with E-state index in [-0.39, 0.29) is 24.5 Å². The van der Waals surface area contributed by atoms with Crippen LogP contribution in [0.2, 0.25) is 0 Å². The summed E-state index contributed by atoms with van der Waals surface area (Å²) in [5, 5.41) is 8.98. The van der Waals surface area contributed by atoms with E-state index in [9.17, 15) is 9.18 Å². The molecule has 0 amide bonds. The molecule has 0 bridgehead atoms. The van der Waals surface area contributed by atoms with Crippen LogP contribution in [0.3, 0.4) is 0 Å². The van der Waals surface area contributed by atoms with Crippen LogP contribution in [0.1, 0.15) is 15.9 Å². The number of aliphatic hydroxyl groups excluding tert-OH is 1. The molecule has 0 saturated carbocycles. The molecule has 0 aliphatic carbocycles. The van der Waals surface area contributed by atoms with Crippen LogP contribution < -0.4 is 4.74 Å². The second-order valence-corrected chi connectivity index (χ2v) is 3.69. The van der Waals surface area contributed by atoms with Gasteiger partial charge in [0.15, 0.2) is 0 Å². The summed E-state index contributed by atoms with van der Waals surface area (Å²) in [6.45, 7) is -0.157. The highest BCUT2D eigenvalue weighted by Gasteiger charge is 2.17. The predicted octanol–water partition coefficient (Wildman–Crippen LogP) is 1.88. The SMILES string of the molecule is COC(=O)c1cc(F)cc(OCCO)c1CBr. The molecule has 94 valence electrons. The molecule has 1 N–H and O–H groups in total. The molecule has 0 aromatic heterocycles. The molecule has 0 saturated heterocycles. The Morgan fingerprint density at radius 2 is 2.24 bits per heavy atom. The fourth-order valence-corrected chi connectivity index (χ4v) is 1.90. The molecule has 0 heterocycles. The fourth-order valence-electron chi connectivity index (χ4n) is 1.33. The van der Waals surface area contributed by atoms with Crippen molar-refractivity contribution < 1.29 is 23.8 Å². The number of carbonyl (C=O) groups is 1. The Bertz CT molecular complexity index is 409. The van der Waals surface area contributed by atoms with Gasteiger partial charge in [-0.2, -0.15) is 0 Å². The molecule has 0 unspecified atom stereocenters. The van der Waals surface area contributed by atoms with E-state index < -0.39 is 11.8 Å². The van der Waals surface area contributed by atoms with Crippen molar-refractivity contribution >= 4 is 21.9 Å². The average molecular weight is 307 g/mol. The van der Waals surface area contributed by atoms with Crippen LogP contribution in [0.15, 0.2) is 12.1 Å². The number of hydrogen-bond acceptors (Lipinski definition) is 4. The summed E-state index contributed by atoms with van der Waals surface area (Å²) in [4.78, 5) is 11.5. The zero-order chi connectivity index (χ0) is 12.8. The van der Waals surface area contributed by atoms with E-state index in [2.05, 4.69) is 20.7 Å². The summed E-state index contributed by atoms with van der Waals surface area (Å²) < 4.78 is 23.0. The quantitative estimate of drug-likeness (QED) is 0.666. The third kappa shape index (κ3) is 3.41. The number of halogens is 2. The van der Waals surface area contributed by atoms with Gasteiger partial charge in [0.25, 0.3) is 0 Å². The second-order valence-electron chi connectivity index (χ2n) is 3.13. The highest BCUT2D eigenvalue weighted by molar-refractivity contribution is 9.08. The zero-order valence-corrected chi connectivity index (χ0v) is 10.8. The van der Waals surface area contributed by atoms with Gasteiger partial charge in [-0.05, 0) is 6.07 Å². The van der Waals surface area contributed by atoms with E-state index in [0.29, 0.717) is 10.9 Å². The van der Waals surface area contributed by atoms with Gasteiger partial charge in [-0.3, -0.25) is 0 Å². The van der Waals surface area contributed by atoms with E-state index in [1.165, 1.54) is 13.2 Å². The van der Waals surface area contributed by atoms with Crippen molar-refractivity contribution in [3.8, 4) is 5.75 Å². The Kier molecular flexibility index (Phi) is 5.37. The number of hydrogen-bond donors (Lipinski definition) is 1. The average Bonchev–Trinajstić information content (AvgIpc) is 2.34. The topological polar surface area (TPSA) is 55.8 Å². The number of methoxy groups -OCH3 is 1. The lowest BCUT2D eigenvalue weighted by Crippen LogP contribution is -2.10. The molecular weight excluding hydrogens is 295 g/mol. The van der Waals surface area contributed by atoms with Gasteiger partial charge in [0, 0.05) is 17.0 Å². The van der Waals surface area contributed by atoms with Gasteiger partial charge < -0.3 is 14.6 Å². The van der Waals surface area contributed by atoms with Crippen molar-refractivity contribution in [1.29, 1.82) is 0 Å². The van der Waals surface area contributed by atoms with Gasteiger partial charge >= 0.3 is 5.97 Å². The van der Waals surface area contributed by atoms with Crippen LogP contribution in [0.25, 0.3) is 0 Å². The molecule has 0 fully saturated rings. The molecule has 0 aliphatic rings. The Morgan fingerprint density at radius 1 is 1.53 bits per heavy atom. The van der Waals surface area contributed by atoms with E-state index in [0.717, 1.165) is 6.07 Å². The first-order chi connectivity index (χ1) is 8.13. The highest BCUT2D eigenvalue weighted by Crippen LogP contribution is 2.27. The van der Waals surface area contributed by atoms with Gasteiger partial charge in [0.1, 0.15) is 18.2 Å². The molecular formula is C11H12BrFO4. The third-order valence-corrected chi connectivity index (χ3v) is 2.62. The van der Waals surface area contributed by atoms with E-state index in [4.69, 9.17) is 9.84 Å². The lowest BCUT2D eigenvalue weighted by atomic mass is 10.1. The molecule has 1 aromatic rings. The molecule has 6 heteroatoms. The first-order valence-electron chi connectivity index (χ1n) is 4.84. The first kappa shape index (κ1) is 13.9. The Labute approximate surface area is 106 Å². The molecule has 1 aromatic carbocycles. The molecule has 0 spiro atoms. The summed E-state index contributed by atoms with van der Waals surface area (Å²) in [5.41, 5.74) is 0.601. The minimum Gasteiger partial charge on any atom is -0.491 e. The zero-order valence-electron chi connectivity index (χ0n) is 9.20. The molecule has 17 heavy (non-hydrogen) atoms. The van der Waals surface area contributed by atoms with Gasteiger partial charge in [-0.1, -0.05) is 15.9 Å². The standard InChI is InChI=1S/C11H12BrFO4/c1-16-11(15)8-4-7(13)5-10(9(8)6-12)17-3-2-14/h4-5,14H,2-3,6H2,1H3. The van der Waals surface area contributed by atoms with Crippen LogP contribution in [0.4, 0.5) is 4.39 Å². The van der Waals surface area contributed by atoms with Crippen LogP contribution in [-0.2, 0) is 10.1 Å². The summed E-state index contributed by atoms with van der Waals surface area (Å²) in [6, 6.07) is 2.26. The third-order valence-electron chi connectivity index (χ3n) is 2.06. The molecule has 1 rings (SSSR count). The number of ether oxygens (including phenoxy) is 2. The molecule has 4 nitrogen and oxygen atoms in total. The summed E-state index contributed by atoms with van der Waals surface area (Å²) in [5.74, 6) is -1.01. The van der Waals surface area contributed by atoms with Crippen molar-refractivity contribution in [2.75, 3.05) is 20.3 Å². The van der Waals surface area contributed by atoms with Gasteiger partial charge in [0.05, 0.1) is 19.3 Å². The minimum absolute atomic E-state index is 0.0318. The maximum Gasteiger partial charge on any atom is 0.338 e. The lowest BCUT2D eigenvalue weighted by Gasteiger charge is -2.12. The number of carbonyl (C=O) groups excluding carboxylic acids is 1. The van der Waals surface area contributed by atoms with Crippen molar-refractivity contribution in [3.63, 3.8) is 0 Å². The Hall–Kier alpha value is -1.14. The van der Waals surface area contributed by atoms with Crippen LogP contribution in [0.5, 0.6) is 5.75 Å². The number of aliphatic hydroxyl groups is 1. The number of rotatable bonds is 5. The Morgan fingerprint density at radius 3 is 2.76 bits per heavy atom. The maximum atomic E-state index is 13.3. The largest absolute Gasteiger partial charge is 0.491 e. The maximum absolute atomic E-state index is 13.3. The predicted molar refractivity (Wildman–Crippen MR) is 63.0 cm³/mol. The summed E-state index contributed by atoms with van der Waals surface area (Å²) in [6.07, 6.45) is 0. The fraction of sp³-hybridized carbons (Fsp3) is 0.364. The van der Waals surface area contributed by atoms with Crippen molar-refractivity contribution in [2.45, 2.75) is 5.33 Å². The van der Waals surface area contributed by atoms with Crippen LogP contribution >= 0.6 is 15.9 Å². The number of esters is 1. The van der Waals surface area contributed by atoms with Crippen molar-refractivity contribution in [3.05, 3.63) is 29.1 Å². The highest BCUT2D eigenvalue weighted by atomic mass is 79.9. The van der Waals surface area contributed by atoms with E-state index in [1.54, 1.807) is 0 Å². The first-order valence-corrected chi connectivity index (χ1v) is 5.96. The van der Waals surface area contributed by atoms with Crippen LogP contribution in [-0.4, -0.2) is 31.4 Å². The van der Waals surface area contributed by atoms with Crippen LogP contribution in [0, 0.1) is 5.82 Å². The van der Waals surface area contributed by atoms with E-state index in [1.807, 2.05) is 0 Å². The lowest BCUT2D eigenvalue weighted by molar-refractivity contribution is 0.0598. The smallest absolute Gasteiger partial charge is 0.338 e. The minimum atomic E-state index is -0.632. The van der Waals surface area contributed by atoms with Crippen molar-refractivity contribution in [2.24, 2.45) is 0 Å². The van der Waals surface area contributed by atoms with Gasteiger partial charge in [-0.15, -0.1) is 0 Å². The summed E-state index contributed by atoms with van der Waals surface area (Å²) in [7, 11) is 1.22. The van der Waals surface area contributed by atoms with Crippen molar-refractivity contribution in [1.82, 2.24) is 0 Å². The molecule has 0 radical (unpaired) electrons. The second kappa shape index (κ2) is 6.56. The Balaban J connectivity index is 3.19. The molecule has 0 aliphatic heterocycles. The van der Waals surface area contributed by atoms with E-state index >= 15 is 0 Å². The number of alkyl halides is 1. The van der Waals surface area contributed by atoms with Gasteiger partial charge in [-0.25, -0.2) is 9.18 Å². The summed E-state index contributed by atoms with van der Waals surface area (Å²) >= 11 is 3.20.